The normalized spacial score (nSPS) is 19.3. The van der Waals surface area contributed by atoms with Crippen molar-refractivity contribution in [2.75, 3.05) is 13.1 Å². The Hall–Kier alpha value is -0.910. The van der Waals surface area contributed by atoms with E-state index in [0.29, 0.717) is 6.42 Å². The second kappa shape index (κ2) is 6.50. The van der Waals surface area contributed by atoms with E-state index in [1.807, 2.05) is 24.3 Å². The maximum atomic E-state index is 11.0. The van der Waals surface area contributed by atoms with Gasteiger partial charge in [-0.3, -0.25) is 9.69 Å². The number of carboxylic acid groups (broad SMARTS) is 1. The summed E-state index contributed by atoms with van der Waals surface area (Å²) in [5.74, 6) is -0.929. The number of hydrogen-bond donors (Lipinski definition) is 2. The maximum Gasteiger partial charge on any atom is 0.320 e. The fraction of sp³-hybridized carbons (Fsp3) is 0.500. The first-order chi connectivity index (χ1) is 9.08. The minimum atomic E-state index is -0.929. The molecule has 4 nitrogen and oxygen atoms in total. The van der Waals surface area contributed by atoms with Crippen molar-refractivity contribution in [3.8, 4) is 0 Å². The van der Waals surface area contributed by atoms with Crippen LogP contribution in [0.1, 0.15) is 30.9 Å². The van der Waals surface area contributed by atoms with Gasteiger partial charge in [-0.05, 0) is 50.0 Å². The molecule has 1 aromatic carbocycles. The van der Waals surface area contributed by atoms with E-state index in [9.17, 15) is 4.79 Å². The minimum absolute atomic E-state index is 0.0988. The maximum absolute atomic E-state index is 11.0. The zero-order valence-electron chi connectivity index (χ0n) is 10.8. The lowest BCUT2D eigenvalue weighted by molar-refractivity contribution is -0.139. The third-order valence-corrected chi connectivity index (χ3v) is 4.16. The molecule has 0 aromatic heterocycles. The molecule has 1 saturated heterocycles. The second-order valence-corrected chi connectivity index (χ2v) is 5.91. The van der Waals surface area contributed by atoms with Crippen molar-refractivity contribution < 1.29 is 9.90 Å². The first-order valence-corrected chi connectivity index (χ1v) is 7.35. The van der Waals surface area contributed by atoms with Crippen molar-refractivity contribution in [1.82, 2.24) is 4.90 Å². The molecule has 1 aliphatic rings. The zero-order chi connectivity index (χ0) is 13.8. The van der Waals surface area contributed by atoms with Crippen LogP contribution < -0.4 is 5.73 Å². The predicted molar refractivity (Wildman–Crippen MR) is 77.9 cm³/mol. The molecule has 1 aliphatic heterocycles. The van der Waals surface area contributed by atoms with Crippen molar-refractivity contribution in [2.45, 2.75) is 31.3 Å². The van der Waals surface area contributed by atoms with E-state index in [-0.39, 0.29) is 6.04 Å². The van der Waals surface area contributed by atoms with Gasteiger partial charge in [0.2, 0.25) is 0 Å². The van der Waals surface area contributed by atoms with Gasteiger partial charge in [-0.2, -0.15) is 0 Å². The highest BCUT2D eigenvalue weighted by Gasteiger charge is 2.27. The predicted octanol–water partition coefficient (Wildman–Crippen LogP) is 2.39. The number of aliphatic carboxylic acids is 1. The first kappa shape index (κ1) is 14.5. The number of nitrogens with zero attached hydrogens (tertiary/aromatic N) is 1. The average molecular weight is 327 g/mol. The Balaban J connectivity index is 2.17. The molecular weight excluding hydrogens is 308 g/mol. The molecule has 0 radical (unpaired) electrons. The Bertz CT molecular complexity index is 430. The molecule has 0 saturated carbocycles. The van der Waals surface area contributed by atoms with Gasteiger partial charge in [0, 0.05) is 10.5 Å². The molecule has 3 N–H and O–H groups in total. The fourth-order valence-electron chi connectivity index (χ4n) is 2.58. The highest BCUT2D eigenvalue weighted by Crippen LogP contribution is 2.29. The van der Waals surface area contributed by atoms with Crippen LogP contribution in [0.15, 0.2) is 28.7 Å². The summed E-state index contributed by atoms with van der Waals surface area (Å²) in [5, 5.41) is 9.01. The van der Waals surface area contributed by atoms with Gasteiger partial charge >= 0.3 is 5.97 Å². The Morgan fingerprint density at radius 3 is 2.42 bits per heavy atom. The van der Waals surface area contributed by atoms with Gasteiger partial charge in [-0.15, -0.1) is 0 Å². The van der Waals surface area contributed by atoms with Crippen LogP contribution in [-0.2, 0) is 4.79 Å². The highest BCUT2D eigenvalue weighted by atomic mass is 79.9. The van der Waals surface area contributed by atoms with Crippen molar-refractivity contribution in [1.29, 1.82) is 0 Å². The van der Waals surface area contributed by atoms with Gasteiger partial charge in [0.05, 0.1) is 0 Å². The number of carboxylic acids is 1. The van der Waals surface area contributed by atoms with Crippen molar-refractivity contribution in [3.63, 3.8) is 0 Å². The van der Waals surface area contributed by atoms with Gasteiger partial charge in [0.15, 0.2) is 0 Å². The van der Waals surface area contributed by atoms with E-state index in [4.69, 9.17) is 10.8 Å². The smallest absolute Gasteiger partial charge is 0.320 e. The van der Waals surface area contributed by atoms with Crippen molar-refractivity contribution in [2.24, 2.45) is 5.73 Å². The summed E-state index contributed by atoms with van der Waals surface area (Å²) < 4.78 is 1.03. The van der Waals surface area contributed by atoms with Crippen LogP contribution in [-0.4, -0.2) is 35.1 Å². The Morgan fingerprint density at radius 1 is 1.32 bits per heavy atom. The number of nitrogens with two attached hydrogens (primary N) is 1. The lowest BCUT2D eigenvalue weighted by Gasteiger charge is -2.29. The number of rotatable bonds is 5. The van der Waals surface area contributed by atoms with E-state index in [0.717, 1.165) is 23.1 Å². The summed E-state index contributed by atoms with van der Waals surface area (Å²) in [7, 11) is 0. The van der Waals surface area contributed by atoms with Crippen LogP contribution in [0.3, 0.4) is 0 Å². The van der Waals surface area contributed by atoms with Crippen molar-refractivity contribution >= 4 is 21.9 Å². The third kappa shape index (κ3) is 3.78. The van der Waals surface area contributed by atoms with Crippen LogP contribution in [0.5, 0.6) is 0 Å². The molecule has 104 valence electrons. The summed E-state index contributed by atoms with van der Waals surface area (Å²) in [6.45, 7) is 2.04. The molecule has 0 unspecified atom stereocenters. The molecule has 0 amide bonds. The minimum Gasteiger partial charge on any atom is -0.480 e. The SMILES string of the molecule is N[C@H](C[C@@H](c1ccc(Br)cc1)N1CCCC1)C(=O)O. The van der Waals surface area contributed by atoms with Gasteiger partial charge in [-0.1, -0.05) is 28.1 Å². The molecule has 1 aromatic rings. The molecule has 0 aliphatic carbocycles. The number of carbonyl (C=O) groups is 1. The van der Waals surface area contributed by atoms with E-state index in [2.05, 4.69) is 20.8 Å². The van der Waals surface area contributed by atoms with Crippen LogP contribution >= 0.6 is 15.9 Å². The number of benzene rings is 1. The second-order valence-electron chi connectivity index (χ2n) is 4.99. The Labute approximate surface area is 121 Å². The molecule has 2 rings (SSSR count). The van der Waals surface area contributed by atoms with Gasteiger partial charge < -0.3 is 10.8 Å². The molecule has 19 heavy (non-hydrogen) atoms. The topological polar surface area (TPSA) is 66.6 Å². The number of hydrogen-bond acceptors (Lipinski definition) is 3. The molecule has 1 heterocycles. The van der Waals surface area contributed by atoms with Gasteiger partial charge in [0.1, 0.15) is 6.04 Å². The quantitative estimate of drug-likeness (QED) is 0.871. The summed E-state index contributed by atoms with van der Waals surface area (Å²) in [4.78, 5) is 13.3. The zero-order valence-corrected chi connectivity index (χ0v) is 12.3. The monoisotopic (exact) mass is 326 g/mol. The Kier molecular flexibility index (Phi) is 4.96. The largest absolute Gasteiger partial charge is 0.480 e. The molecule has 0 spiro atoms. The summed E-state index contributed by atoms with van der Waals surface area (Å²) in [5.41, 5.74) is 6.86. The standard InChI is InChI=1S/C14H19BrN2O2/c15-11-5-3-10(4-6-11)13(9-12(16)14(18)19)17-7-1-2-8-17/h3-6,12-13H,1-2,7-9,16H2,(H,18,19)/t12-,13+/m1/s1. The molecule has 1 fully saturated rings. The molecular formula is C14H19BrN2O2. The summed E-state index contributed by atoms with van der Waals surface area (Å²) >= 11 is 3.42. The summed E-state index contributed by atoms with van der Waals surface area (Å²) in [6.07, 6.45) is 2.81. The van der Waals surface area contributed by atoms with Crippen LogP contribution in [0.25, 0.3) is 0 Å². The van der Waals surface area contributed by atoms with E-state index < -0.39 is 12.0 Å². The van der Waals surface area contributed by atoms with E-state index >= 15 is 0 Å². The third-order valence-electron chi connectivity index (χ3n) is 3.63. The molecule has 2 atom stereocenters. The average Bonchev–Trinajstić information content (AvgIpc) is 2.90. The highest BCUT2D eigenvalue weighted by molar-refractivity contribution is 9.10. The molecule has 0 bridgehead atoms. The number of halogens is 1. The van der Waals surface area contributed by atoms with Crippen molar-refractivity contribution in [3.05, 3.63) is 34.3 Å². The Morgan fingerprint density at radius 2 is 1.89 bits per heavy atom. The van der Waals surface area contributed by atoms with Crippen LogP contribution in [0.4, 0.5) is 0 Å². The van der Waals surface area contributed by atoms with Crippen LogP contribution in [0, 0.1) is 0 Å². The van der Waals surface area contributed by atoms with Gasteiger partial charge in [-0.25, -0.2) is 0 Å². The molecule has 5 heteroatoms. The van der Waals surface area contributed by atoms with Crippen LogP contribution in [0.2, 0.25) is 0 Å². The van der Waals surface area contributed by atoms with E-state index in [1.54, 1.807) is 0 Å². The fourth-order valence-corrected chi connectivity index (χ4v) is 2.84. The number of likely N-dealkylation sites (tertiary alicyclic amines) is 1. The van der Waals surface area contributed by atoms with E-state index in [1.165, 1.54) is 12.8 Å². The summed E-state index contributed by atoms with van der Waals surface area (Å²) in [6, 6.07) is 7.36. The first-order valence-electron chi connectivity index (χ1n) is 6.56. The lowest BCUT2D eigenvalue weighted by atomic mass is 9.98. The van der Waals surface area contributed by atoms with Gasteiger partial charge in [0.25, 0.3) is 0 Å². The lowest BCUT2D eigenvalue weighted by Crippen LogP contribution is -2.36.